The molecule has 0 atom stereocenters. The molecule has 1 aromatic rings. The lowest BCUT2D eigenvalue weighted by atomic mass is 10.3. The van der Waals surface area contributed by atoms with E-state index in [4.69, 9.17) is 0 Å². The Morgan fingerprint density at radius 3 is 2.82 bits per heavy atom. The van der Waals surface area contributed by atoms with Crippen molar-refractivity contribution in [1.82, 2.24) is 15.3 Å². The molecule has 0 aliphatic carbocycles. The van der Waals surface area contributed by atoms with Crippen LogP contribution in [0.1, 0.15) is 19.0 Å². The Bertz CT molecular complexity index is 360. The van der Waals surface area contributed by atoms with E-state index in [2.05, 4.69) is 38.5 Å². The van der Waals surface area contributed by atoms with Gasteiger partial charge < -0.3 is 15.5 Å². The Labute approximate surface area is 103 Å². The molecule has 17 heavy (non-hydrogen) atoms. The zero-order chi connectivity index (χ0) is 12.1. The molecule has 5 heteroatoms. The van der Waals surface area contributed by atoms with Gasteiger partial charge in [-0.15, -0.1) is 0 Å². The molecule has 1 saturated heterocycles. The lowest BCUT2D eigenvalue weighted by Crippen LogP contribution is -2.44. The quantitative estimate of drug-likeness (QED) is 0.816. The van der Waals surface area contributed by atoms with Gasteiger partial charge in [0, 0.05) is 44.5 Å². The third-order valence-electron chi connectivity index (χ3n) is 2.81. The van der Waals surface area contributed by atoms with Crippen LogP contribution in [0.3, 0.4) is 0 Å². The van der Waals surface area contributed by atoms with E-state index >= 15 is 0 Å². The minimum atomic E-state index is 0.750. The van der Waals surface area contributed by atoms with E-state index in [1.54, 1.807) is 0 Å². The Balaban J connectivity index is 2.12. The molecule has 1 aromatic heterocycles. The Morgan fingerprint density at radius 2 is 2.12 bits per heavy atom. The maximum Gasteiger partial charge on any atom is 0.224 e. The summed E-state index contributed by atoms with van der Waals surface area (Å²) in [4.78, 5) is 11.3. The third-order valence-corrected chi connectivity index (χ3v) is 2.81. The summed E-state index contributed by atoms with van der Waals surface area (Å²) in [6.45, 7) is 9.17. The van der Waals surface area contributed by atoms with E-state index in [0.29, 0.717) is 0 Å². The van der Waals surface area contributed by atoms with E-state index in [1.807, 2.05) is 6.92 Å². The van der Waals surface area contributed by atoms with Crippen molar-refractivity contribution in [3.8, 4) is 0 Å². The average molecular weight is 235 g/mol. The predicted octanol–water partition coefficient (Wildman–Crippen LogP) is 1.02. The van der Waals surface area contributed by atoms with Crippen LogP contribution < -0.4 is 15.5 Å². The van der Waals surface area contributed by atoms with Gasteiger partial charge in [-0.25, -0.2) is 4.98 Å². The van der Waals surface area contributed by atoms with Crippen molar-refractivity contribution in [2.24, 2.45) is 0 Å². The number of nitrogens with zero attached hydrogens (tertiary/aromatic N) is 3. The SMILES string of the molecule is CCCNc1nc(C)cc(N2CCNCC2)n1. The van der Waals surface area contributed by atoms with E-state index in [9.17, 15) is 0 Å². The summed E-state index contributed by atoms with van der Waals surface area (Å²) in [5, 5.41) is 6.60. The first kappa shape index (κ1) is 12.1. The van der Waals surface area contributed by atoms with Crippen molar-refractivity contribution < 1.29 is 0 Å². The molecule has 0 unspecified atom stereocenters. The van der Waals surface area contributed by atoms with Gasteiger partial charge in [0.25, 0.3) is 0 Å². The highest BCUT2D eigenvalue weighted by Gasteiger charge is 2.13. The smallest absolute Gasteiger partial charge is 0.224 e. The number of anilines is 2. The van der Waals surface area contributed by atoms with Crippen LogP contribution in [-0.2, 0) is 0 Å². The Morgan fingerprint density at radius 1 is 1.35 bits per heavy atom. The van der Waals surface area contributed by atoms with Crippen LogP contribution >= 0.6 is 0 Å². The molecule has 1 aliphatic rings. The highest BCUT2D eigenvalue weighted by molar-refractivity contribution is 5.45. The molecule has 0 radical (unpaired) electrons. The second-order valence-corrected chi connectivity index (χ2v) is 4.35. The fourth-order valence-corrected chi connectivity index (χ4v) is 1.92. The summed E-state index contributed by atoms with van der Waals surface area (Å²) in [5.41, 5.74) is 1.02. The molecule has 2 N–H and O–H groups in total. The van der Waals surface area contributed by atoms with Crippen LogP contribution in [0.2, 0.25) is 0 Å². The highest BCUT2D eigenvalue weighted by atomic mass is 15.3. The topological polar surface area (TPSA) is 53.1 Å². The normalized spacial score (nSPS) is 16.0. The van der Waals surface area contributed by atoms with Crippen LogP contribution in [-0.4, -0.2) is 42.7 Å². The Kier molecular flexibility index (Phi) is 4.14. The van der Waals surface area contributed by atoms with Gasteiger partial charge in [0.05, 0.1) is 0 Å². The molecular weight excluding hydrogens is 214 g/mol. The summed E-state index contributed by atoms with van der Waals surface area (Å²) in [7, 11) is 0. The summed E-state index contributed by atoms with van der Waals surface area (Å²) >= 11 is 0. The molecule has 0 amide bonds. The van der Waals surface area contributed by atoms with Gasteiger partial charge in [-0.2, -0.15) is 4.98 Å². The fraction of sp³-hybridized carbons (Fsp3) is 0.667. The molecule has 0 spiro atoms. The molecule has 0 saturated carbocycles. The lowest BCUT2D eigenvalue weighted by molar-refractivity contribution is 0.584. The van der Waals surface area contributed by atoms with E-state index in [0.717, 1.165) is 56.6 Å². The largest absolute Gasteiger partial charge is 0.354 e. The van der Waals surface area contributed by atoms with Gasteiger partial charge in [-0.1, -0.05) is 6.92 Å². The molecule has 2 heterocycles. The minimum absolute atomic E-state index is 0.750. The van der Waals surface area contributed by atoms with Gasteiger partial charge in [0.1, 0.15) is 5.82 Å². The second kappa shape index (κ2) is 5.82. The number of hydrogen-bond acceptors (Lipinski definition) is 5. The van der Waals surface area contributed by atoms with Crippen molar-refractivity contribution in [1.29, 1.82) is 0 Å². The molecule has 2 rings (SSSR count). The molecule has 1 fully saturated rings. The van der Waals surface area contributed by atoms with Crippen LogP contribution in [0, 0.1) is 6.92 Å². The van der Waals surface area contributed by atoms with Crippen LogP contribution in [0.15, 0.2) is 6.07 Å². The highest BCUT2D eigenvalue weighted by Crippen LogP contribution is 2.15. The predicted molar refractivity (Wildman–Crippen MR) is 70.6 cm³/mol. The standard InChI is InChI=1S/C12H21N5/c1-3-4-14-12-15-10(2)9-11(16-12)17-7-5-13-6-8-17/h9,13H,3-8H2,1-2H3,(H,14,15,16). The monoisotopic (exact) mass is 235 g/mol. The summed E-state index contributed by atoms with van der Waals surface area (Å²) in [5.74, 6) is 1.79. The molecular formula is C12H21N5. The lowest BCUT2D eigenvalue weighted by Gasteiger charge is -2.28. The molecule has 0 bridgehead atoms. The Hall–Kier alpha value is -1.36. The van der Waals surface area contributed by atoms with E-state index in [1.165, 1.54) is 0 Å². The van der Waals surface area contributed by atoms with Gasteiger partial charge in [0.15, 0.2) is 0 Å². The fourth-order valence-electron chi connectivity index (χ4n) is 1.92. The first-order valence-corrected chi connectivity index (χ1v) is 6.35. The van der Waals surface area contributed by atoms with Gasteiger partial charge in [-0.3, -0.25) is 0 Å². The van der Waals surface area contributed by atoms with Gasteiger partial charge in [0.2, 0.25) is 5.95 Å². The first-order valence-electron chi connectivity index (χ1n) is 6.35. The zero-order valence-electron chi connectivity index (χ0n) is 10.7. The maximum absolute atomic E-state index is 4.57. The van der Waals surface area contributed by atoms with Gasteiger partial charge in [-0.05, 0) is 13.3 Å². The minimum Gasteiger partial charge on any atom is -0.354 e. The first-order chi connectivity index (χ1) is 8.29. The third kappa shape index (κ3) is 3.30. The maximum atomic E-state index is 4.57. The van der Waals surface area contributed by atoms with E-state index < -0.39 is 0 Å². The second-order valence-electron chi connectivity index (χ2n) is 4.35. The van der Waals surface area contributed by atoms with Crippen LogP contribution in [0.25, 0.3) is 0 Å². The number of aryl methyl sites for hydroxylation is 1. The summed E-state index contributed by atoms with van der Waals surface area (Å²) < 4.78 is 0. The molecule has 94 valence electrons. The number of nitrogens with one attached hydrogen (secondary N) is 2. The zero-order valence-corrected chi connectivity index (χ0v) is 10.7. The van der Waals surface area contributed by atoms with Gasteiger partial charge >= 0.3 is 0 Å². The van der Waals surface area contributed by atoms with Crippen molar-refractivity contribution >= 4 is 11.8 Å². The number of rotatable bonds is 4. The number of hydrogen-bond donors (Lipinski definition) is 2. The number of aromatic nitrogens is 2. The molecule has 5 nitrogen and oxygen atoms in total. The average Bonchev–Trinajstić information content (AvgIpc) is 2.37. The van der Waals surface area contributed by atoms with Crippen LogP contribution in [0.4, 0.5) is 11.8 Å². The molecule has 1 aliphatic heterocycles. The number of piperazine rings is 1. The van der Waals surface area contributed by atoms with Crippen molar-refractivity contribution in [3.63, 3.8) is 0 Å². The van der Waals surface area contributed by atoms with Crippen molar-refractivity contribution in [3.05, 3.63) is 11.8 Å². The van der Waals surface area contributed by atoms with Crippen LogP contribution in [0.5, 0.6) is 0 Å². The van der Waals surface area contributed by atoms with E-state index in [-0.39, 0.29) is 0 Å². The summed E-state index contributed by atoms with van der Waals surface area (Å²) in [6.07, 6.45) is 1.08. The van der Waals surface area contributed by atoms with Crippen molar-refractivity contribution in [2.75, 3.05) is 42.9 Å². The van der Waals surface area contributed by atoms with Crippen molar-refractivity contribution in [2.45, 2.75) is 20.3 Å². The molecule has 0 aromatic carbocycles. The summed E-state index contributed by atoms with van der Waals surface area (Å²) in [6, 6.07) is 2.06.